The van der Waals surface area contributed by atoms with Gasteiger partial charge in [0, 0.05) is 21.5 Å². The van der Waals surface area contributed by atoms with Gasteiger partial charge in [-0.25, -0.2) is 30.0 Å². The van der Waals surface area contributed by atoms with Crippen LogP contribution in [-0.4, -0.2) is 46.1 Å². The third-order valence-corrected chi connectivity index (χ3v) is 13.1. The Balaban J connectivity index is 1.52. The van der Waals surface area contributed by atoms with Crippen LogP contribution in [0.3, 0.4) is 0 Å². The first-order valence-electron chi connectivity index (χ1n) is 14.4. The molecule has 0 amide bonds. The zero-order valence-corrected chi connectivity index (χ0v) is 31.4. The molecule has 10 rings (SSSR count). The Morgan fingerprint density at radius 1 is 0.347 bits per heavy atom. The highest BCUT2D eigenvalue weighted by atomic mass is 35.5. The van der Waals surface area contributed by atoms with Crippen LogP contribution < -0.4 is 11.0 Å². The fourth-order valence-electron chi connectivity index (χ4n) is 6.72. The second-order valence-corrected chi connectivity index (χ2v) is 16.2. The molecule has 4 aliphatic rings. The van der Waals surface area contributed by atoms with Crippen LogP contribution in [0, 0.1) is 0 Å². The molecule has 8 nitrogen and oxygen atoms in total. The van der Waals surface area contributed by atoms with Gasteiger partial charge in [-0.1, -0.05) is 92.8 Å². The van der Waals surface area contributed by atoms with Crippen LogP contribution >= 0.6 is 92.8 Å². The van der Waals surface area contributed by atoms with Crippen molar-refractivity contribution in [3.05, 3.63) is 122 Å². The van der Waals surface area contributed by atoms with Crippen LogP contribution in [-0.2, 0) is 0 Å². The lowest BCUT2D eigenvalue weighted by Crippen LogP contribution is -2.36. The molecule has 17 heteroatoms. The van der Waals surface area contributed by atoms with Gasteiger partial charge in [-0.2, -0.15) is 0 Å². The van der Waals surface area contributed by atoms with Gasteiger partial charge in [0.1, 0.15) is 22.6 Å². The summed E-state index contributed by atoms with van der Waals surface area (Å²) in [5.41, 5.74) is 2.97. The first kappa shape index (κ1) is 30.9. The van der Waals surface area contributed by atoms with Gasteiger partial charge in [0.15, 0.2) is 23.3 Å². The second kappa shape index (κ2) is 10.8. The van der Waals surface area contributed by atoms with Gasteiger partial charge < -0.3 is 7.10 Å². The molecule has 0 spiro atoms. The highest BCUT2D eigenvalue weighted by molar-refractivity contribution is 6.48. The number of amidine groups is 4. The van der Waals surface area contributed by atoms with E-state index < -0.39 is 15.7 Å². The Morgan fingerprint density at radius 3 is 1.02 bits per heavy atom. The van der Waals surface area contributed by atoms with E-state index in [1.807, 2.05) is 7.10 Å². The molecule has 6 aromatic rings. The van der Waals surface area contributed by atoms with Crippen molar-refractivity contribution >= 4 is 165 Å². The largest absolute Gasteiger partial charge is 0.563 e. The molecule has 4 aliphatic heterocycles. The lowest BCUT2D eigenvalue weighted by Gasteiger charge is -2.11. The van der Waals surface area contributed by atoms with Gasteiger partial charge >= 0.3 is 15.7 Å². The molecular weight excluding hydrogens is 807 g/mol. The Kier molecular flexibility index (Phi) is 6.81. The lowest BCUT2D eigenvalue weighted by atomic mass is 10.1. The van der Waals surface area contributed by atoms with Crippen molar-refractivity contribution in [3.8, 4) is 0 Å². The molecule has 0 N–H and O–H groups in total. The number of hydrogen-bond donors (Lipinski definition) is 0. The molecule has 0 fully saturated rings. The van der Waals surface area contributed by atoms with Crippen LogP contribution in [0.1, 0.15) is 22.3 Å². The summed E-state index contributed by atoms with van der Waals surface area (Å²) in [7, 11) is 0. The van der Waals surface area contributed by atoms with Crippen molar-refractivity contribution in [1.82, 2.24) is 7.10 Å². The molecule has 0 saturated carbocycles. The van der Waals surface area contributed by atoms with Gasteiger partial charge in [0.25, 0.3) is 0 Å². The molecule has 0 saturated heterocycles. The Labute approximate surface area is 321 Å². The molecule has 6 heterocycles. The molecule has 6 bridgehead atoms. The number of rotatable bonds is 0. The van der Waals surface area contributed by atoms with Crippen LogP contribution in [0.25, 0.3) is 21.5 Å². The van der Waals surface area contributed by atoms with E-state index in [2.05, 4.69) is 0 Å². The molecule has 0 radical (unpaired) electrons. The molecule has 0 aliphatic carbocycles. The number of nitrogens with zero attached hydrogens (tertiary/aromatic N) is 8. The Bertz CT molecular complexity index is 2710. The van der Waals surface area contributed by atoms with Crippen LogP contribution in [0.4, 0.5) is 11.6 Å². The minimum absolute atomic E-state index is 0.290. The summed E-state index contributed by atoms with van der Waals surface area (Å²) in [4.78, 5) is 30.4. The first-order chi connectivity index (χ1) is 23.6. The number of halogens is 8. The Morgan fingerprint density at radius 2 is 0.653 bits per heavy atom. The summed E-state index contributed by atoms with van der Waals surface area (Å²) in [6.07, 6.45) is 0. The fraction of sp³-hybridized carbons (Fsp3) is 0. The van der Waals surface area contributed by atoms with Crippen LogP contribution in [0.5, 0.6) is 0 Å². The highest BCUT2D eigenvalue weighted by Gasteiger charge is 2.35. The van der Waals surface area contributed by atoms with E-state index in [1.165, 1.54) is 0 Å². The summed E-state index contributed by atoms with van der Waals surface area (Å²) < 4.78 is 3.96. The normalized spacial score (nSPS) is 15.1. The second-order valence-electron chi connectivity index (χ2n) is 11.4. The summed E-state index contributed by atoms with van der Waals surface area (Å²) in [6.45, 7) is 0. The maximum absolute atomic E-state index is 6.99. The number of hydrogen-bond acceptors (Lipinski definition) is 6. The lowest BCUT2D eigenvalue weighted by molar-refractivity contribution is 0.992. The number of aliphatic imine (C=N–C) groups is 4. The molecule has 0 atom stereocenters. The smallest absolute Gasteiger partial charge is 0.386 e. The summed E-state index contributed by atoms with van der Waals surface area (Å²) in [5.74, 6) is 2.06. The van der Waals surface area contributed by atoms with Crippen molar-refractivity contribution in [2.24, 2.45) is 30.0 Å². The van der Waals surface area contributed by atoms with Gasteiger partial charge in [-0.15, -0.1) is 0 Å². The monoisotopic (exact) mass is 812 g/mol. The van der Waals surface area contributed by atoms with Gasteiger partial charge in [-0.3, -0.25) is 0 Å². The minimum atomic E-state index is -1.82. The number of aromatic nitrogens is 2. The molecular formula is C32H9AlCl8N8. The predicted molar refractivity (Wildman–Crippen MR) is 203 cm³/mol. The summed E-state index contributed by atoms with van der Waals surface area (Å²) >= 11 is 53.5. The average molecular weight is 816 g/mol. The predicted octanol–water partition coefficient (Wildman–Crippen LogP) is 9.43. The van der Waals surface area contributed by atoms with E-state index in [9.17, 15) is 0 Å². The van der Waals surface area contributed by atoms with Crippen molar-refractivity contribution < 1.29 is 0 Å². The average Bonchev–Trinajstić information content (AvgIpc) is 3.79. The zero-order chi connectivity index (χ0) is 33.6. The highest BCUT2D eigenvalue weighted by Crippen LogP contribution is 2.47. The molecule has 4 aromatic carbocycles. The fourth-order valence-corrected chi connectivity index (χ4v) is 10.4. The molecule has 2 aromatic heterocycles. The number of fused-ring (bicyclic) bond motifs is 14. The number of benzene rings is 4. The molecule has 49 heavy (non-hydrogen) atoms. The maximum atomic E-state index is 6.99. The topological polar surface area (TPSA) is 84.0 Å². The van der Waals surface area contributed by atoms with Gasteiger partial charge in [0.2, 0.25) is 0 Å². The van der Waals surface area contributed by atoms with E-state index in [-0.39, 0.29) is 23.3 Å². The third kappa shape index (κ3) is 4.21. The SMILES string of the molecule is Clc1ccc(Cl)c2c1C1=NC2=Nc2c3c(Cl)ccc(Cl)c3c3[n]2[AlH][n]2c(c4c(Cl)ccc(Cl)c4c2=NC2=NC(=N3)c3c(Cl)ccc(Cl)c32)=N1. The third-order valence-electron chi connectivity index (χ3n) is 8.78. The first-order valence-corrected chi connectivity index (χ1v) is 18.7. The summed E-state index contributed by atoms with van der Waals surface area (Å²) in [5, 5.41) is 5.38. The van der Waals surface area contributed by atoms with E-state index in [0.717, 1.165) is 0 Å². The molecule has 0 unspecified atom stereocenters. The van der Waals surface area contributed by atoms with E-state index in [1.54, 1.807) is 48.5 Å². The zero-order valence-electron chi connectivity index (χ0n) is 23.9. The van der Waals surface area contributed by atoms with E-state index in [4.69, 9.17) is 123 Å². The van der Waals surface area contributed by atoms with Crippen molar-refractivity contribution in [2.75, 3.05) is 0 Å². The maximum Gasteiger partial charge on any atom is 0.563 e. The van der Waals surface area contributed by atoms with E-state index in [0.29, 0.717) is 107 Å². The van der Waals surface area contributed by atoms with Crippen LogP contribution in [0.2, 0.25) is 40.2 Å². The van der Waals surface area contributed by atoms with Crippen molar-refractivity contribution in [3.63, 3.8) is 0 Å². The van der Waals surface area contributed by atoms with Crippen molar-refractivity contribution in [2.45, 2.75) is 0 Å². The van der Waals surface area contributed by atoms with Gasteiger partial charge in [0.05, 0.1) is 62.4 Å². The standard InChI is InChI=1S/C32H8Cl8N8.Al.H/c33-9-1-2-10(34)18-17(9)25-41-26(18)46-28-21-13(37)5-6-14(38)22(21)30(43-28)48-32-24-16(40)8-7-15(39)23(24)31(44-32)47-29-20-12(36)4-3-11(35)19(20)27(42-29)45-25;;/h1-8H;;/q-2;+2;. The minimum Gasteiger partial charge on any atom is -0.386 e. The van der Waals surface area contributed by atoms with Gasteiger partial charge in [-0.05, 0) is 48.5 Å². The van der Waals surface area contributed by atoms with Crippen LogP contribution in [0.15, 0.2) is 78.5 Å². The molecule has 236 valence electrons. The summed E-state index contributed by atoms with van der Waals surface area (Å²) in [6, 6.07) is 13.6. The Hall–Kier alpha value is -2.91. The quantitative estimate of drug-likeness (QED) is 0.137. The van der Waals surface area contributed by atoms with Crippen molar-refractivity contribution in [1.29, 1.82) is 0 Å². The van der Waals surface area contributed by atoms with E-state index >= 15 is 0 Å².